The van der Waals surface area contributed by atoms with E-state index in [-0.39, 0.29) is 0 Å². The Balaban J connectivity index is 2.58. The van der Waals surface area contributed by atoms with Crippen molar-refractivity contribution in [2.24, 2.45) is 0 Å². The lowest BCUT2D eigenvalue weighted by atomic mass is 10.2. The highest BCUT2D eigenvalue weighted by molar-refractivity contribution is 7.95. The third-order valence-electron chi connectivity index (χ3n) is 2.27. The molecule has 0 fully saturated rings. The van der Waals surface area contributed by atoms with Gasteiger partial charge >= 0.3 is 0 Å². The van der Waals surface area contributed by atoms with Crippen molar-refractivity contribution in [1.29, 1.82) is 0 Å². The van der Waals surface area contributed by atoms with Crippen molar-refractivity contribution in [1.82, 2.24) is 5.32 Å². The molecule has 0 bridgehead atoms. The fourth-order valence-electron chi connectivity index (χ4n) is 1.59. The van der Waals surface area contributed by atoms with Crippen LogP contribution in [0, 0.1) is 0 Å². The van der Waals surface area contributed by atoms with Crippen LogP contribution in [-0.4, -0.2) is 22.0 Å². The van der Waals surface area contributed by atoms with E-state index in [0.29, 0.717) is 26.9 Å². The summed E-state index contributed by atoms with van der Waals surface area (Å²) in [5, 5.41) is 3.38. The Hall–Kier alpha value is -0.840. The number of benzene rings is 1. The molecule has 0 aromatic heterocycles. The lowest BCUT2D eigenvalue weighted by Gasteiger charge is -2.02. The van der Waals surface area contributed by atoms with Gasteiger partial charge in [-0.3, -0.25) is 0 Å². The first kappa shape index (κ1) is 10.7. The van der Waals surface area contributed by atoms with E-state index in [1.54, 1.807) is 31.3 Å². The standard InChI is InChI=1S/C10H10ClNO2S/c1-12-6-9-5-7-4-8(11)2-3-10(7)15(9,13)14/h2-5,12H,6H2,1H3. The smallest absolute Gasteiger partial charge is 0.204 e. The summed E-state index contributed by atoms with van der Waals surface area (Å²) < 4.78 is 23.9. The number of hydrogen-bond acceptors (Lipinski definition) is 3. The van der Waals surface area contributed by atoms with Crippen molar-refractivity contribution < 1.29 is 8.42 Å². The number of rotatable bonds is 2. The van der Waals surface area contributed by atoms with Crippen molar-refractivity contribution in [2.75, 3.05) is 13.6 Å². The second-order valence-electron chi connectivity index (χ2n) is 3.33. The number of nitrogens with one attached hydrogen (secondary N) is 1. The molecule has 0 spiro atoms. The summed E-state index contributed by atoms with van der Waals surface area (Å²) in [6, 6.07) is 4.80. The topological polar surface area (TPSA) is 46.2 Å². The minimum absolute atomic E-state index is 0.342. The molecule has 1 aliphatic heterocycles. The Kier molecular flexibility index (Phi) is 2.58. The maximum absolute atomic E-state index is 11.9. The fraction of sp³-hybridized carbons (Fsp3) is 0.200. The minimum atomic E-state index is -3.29. The van der Waals surface area contributed by atoms with Crippen LogP contribution in [0.2, 0.25) is 5.02 Å². The first-order chi connectivity index (χ1) is 7.05. The molecule has 2 rings (SSSR count). The quantitative estimate of drug-likeness (QED) is 0.860. The van der Waals surface area contributed by atoms with Crippen LogP contribution in [0.1, 0.15) is 5.56 Å². The number of hydrogen-bond donors (Lipinski definition) is 1. The Bertz CT molecular complexity index is 534. The normalized spacial score (nSPS) is 17.3. The molecular formula is C10H10ClNO2S. The van der Waals surface area contributed by atoms with E-state index in [1.807, 2.05) is 0 Å². The molecule has 0 unspecified atom stereocenters. The van der Waals surface area contributed by atoms with Gasteiger partial charge in [0.05, 0.1) is 9.80 Å². The van der Waals surface area contributed by atoms with E-state index in [4.69, 9.17) is 11.6 Å². The average Bonchev–Trinajstić information content (AvgIpc) is 2.39. The molecule has 0 atom stereocenters. The van der Waals surface area contributed by atoms with E-state index in [0.717, 1.165) is 0 Å². The third-order valence-corrected chi connectivity index (χ3v) is 4.41. The van der Waals surface area contributed by atoms with Crippen molar-refractivity contribution >= 4 is 27.5 Å². The summed E-state index contributed by atoms with van der Waals surface area (Å²) in [4.78, 5) is 0.736. The van der Waals surface area contributed by atoms with Crippen LogP contribution in [0.15, 0.2) is 28.0 Å². The maximum Gasteiger partial charge on any atom is 0.204 e. The zero-order chi connectivity index (χ0) is 11.1. The minimum Gasteiger partial charge on any atom is -0.315 e. The van der Waals surface area contributed by atoms with Crippen molar-refractivity contribution in [3.05, 3.63) is 33.7 Å². The van der Waals surface area contributed by atoms with Gasteiger partial charge in [0.1, 0.15) is 0 Å². The molecule has 1 aromatic carbocycles. The van der Waals surface area contributed by atoms with E-state index in [2.05, 4.69) is 5.32 Å². The molecule has 0 amide bonds. The van der Waals surface area contributed by atoms with Gasteiger partial charge in [0.15, 0.2) is 0 Å². The van der Waals surface area contributed by atoms with Gasteiger partial charge in [-0.25, -0.2) is 8.42 Å². The summed E-state index contributed by atoms with van der Waals surface area (Å²) in [5.74, 6) is 0. The predicted octanol–water partition coefficient (Wildman–Crippen LogP) is 1.69. The first-order valence-electron chi connectivity index (χ1n) is 4.45. The molecule has 80 valence electrons. The summed E-state index contributed by atoms with van der Waals surface area (Å²) in [5.41, 5.74) is 0.674. The van der Waals surface area contributed by atoms with Crippen LogP contribution in [0.5, 0.6) is 0 Å². The van der Waals surface area contributed by atoms with Crippen LogP contribution >= 0.6 is 11.6 Å². The maximum atomic E-state index is 11.9. The Morgan fingerprint density at radius 2 is 2.13 bits per heavy atom. The second-order valence-corrected chi connectivity index (χ2v) is 5.73. The van der Waals surface area contributed by atoms with Crippen LogP contribution in [0.4, 0.5) is 0 Å². The van der Waals surface area contributed by atoms with Crippen molar-refractivity contribution in [2.45, 2.75) is 4.90 Å². The Morgan fingerprint density at radius 1 is 1.40 bits per heavy atom. The molecule has 0 aliphatic carbocycles. The van der Waals surface area contributed by atoms with Crippen LogP contribution in [-0.2, 0) is 9.84 Å². The van der Waals surface area contributed by atoms with E-state index >= 15 is 0 Å². The second kappa shape index (κ2) is 3.63. The molecule has 1 heterocycles. The van der Waals surface area contributed by atoms with Gasteiger partial charge in [-0.05, 0) is 36.9 Å². The number of fused-ring (bicyclic) bond motifs is 1. The molecular weight excluding hydrogens is 234 g/mol. The lowest BCUT2D eigenvalue weighted by molar-refractivity contribution is 0.601. The molecule has 0 saturated carbocycles. The molecule has 1 aliphatic rings. The highest BCUT2D eigenvalue weighted by atomic mass is 35.5. The molecule has 5 heteroatoms. The fourth-order valence-corrected chi connectivity index (χ4v) is 3.34. The van der Waals surface area contributed by atoms with Gasteiger partial charge in [0.25, 0.3) is 0 Å². The molecule has 0 saturated heterocycles. The summed E-state index contributed by atoms with van der Waals surface area (Å²) in [6.07, 6.45) is 1.66. The monoisotopic (exact) mass is 243 g/mol. The zero-order valence-corrected chi connectivity index (χ0v) is 9.69. The van der Waals surface area contributed by atoms with Gasteiger partial charge in [-0.2, -0.15) is 0 Å². The van der Waals surface area contributed by atoms with Crippen LogP contribution < -0.4 is 5.32 Å². The summed E-state index contributed by atoms with van der Waals surface area (Å²) in [7, 11) is -1.57. The number of sulfone groups is 1. The number of halogens is 1. The van der Waals surface area contributed by atoms with Crippen molar-refractivity contribution in [3.8, 4) is 0 Å². The third kappa shape index (κ3) is 1.69. The van der Waals surface area contributed by atoms with Gasteiger partial charge in [0, 0.05) is 11.6 Å². The molecule has 15 heavy (non-hydrogen) atoms. The van der Waals surface area contributed by atoms with Crippen LogP contribution in [0.25, 0.3) is 6.08 Å². The van der Waals surface area contributed by atoms with Crippen molar-refractivity contribution in [3.63, 3.8) is 0 Å². The predicted molar refractivity (Wildman–Crippen MR) is 60.5 cm³/mol. The Morgan fingerprint density at radius 3 is 2.80 bits per heavy atom. The molecule has 3 nitrogen and oxygen atoms in total. The van der Waals surface area contributed by atoms with Gasteiger partial charge in [-0.15, -0.1) is 0 Å². The summed E-state index contributed by atoms with van der Waals surface area (Å²) in [6.45, 7) is 0.342. The largest absolute Gasteiger partial charge is 0.315 e. The lowest BCUT2D eigenvalue weighted by Crippen LogP contribution is -2.14. The van der Waals surface area contributed by atoms with Gasteiger partial charge in [-0.1, -0.05) is 11.6 Å². The molecule has 0 radical (unpaired) electrons. The molecule has 1 N–H and O–H groups in total. The van der Waals surface area contributed by atoms with E-state index in [1.165, 1.54) is 0 Å². The number of likely N-dealkylation sites (N-methyl/N-ethyl adjacent to an activating group) is 1. The highest BCUT2D eigenvalue weighted by Crippen LogP contribution is 2.33. The highest BCUT2D eigenvalue weighted by Gasteiger charge is 2.28. The SMILES string of the molecule is CNCC1=Cc2cc(Cl)ccc2S1(=O)=O. The first-order valence-corrected chi connectivity index (χ1v) is 6.31. The summed E-state index contributed by atoms with van der Waals surface area (Å²) >= 11 is 5.80. The average molecular weight is 244 g/mol. The Labute approximate surface area is 93.7 Å². The van der Waals surface area contributed by atoms with Gasteiger partial charge < -0.3 is 5.32 Å². The van der Waals surface area contributed by atoms with Gasteiger partial charge in [0.2, 0.25) is 9.84 Å². The van der Waals surface area contributed by atoms with E-state index < -0.39 is 9.84 Å². The zero-order valence-electron chi connectivity index (χ0n) is 8.12. The van der Waals surface area contributed by atoms with Crippen LogP contribution in [0.3, 0.4) is 0 Å². The molecule has 1 aromatic rings. The van der Waals surface area contributed by atoms with E-state index in [9.17, 15) is 8.42 Å².